The number of H-pyrrole nitrogens is 1. The molecule has 0 bridgehead atoms. The van der Waals surface area contributed by atoms with Crippen LogP contribution in [0, 0.1) is 0 Å². The molecular formula is C27H21NO. The fourth-order valence-corrected chi connectivity index (χ4v) is 5.00. The first-order valence-corrected chi connectivity index (χ1v) is 10.4. The lowest BCUT2D eigenvalue weighted by Crippen LogP contribution is -2.03. The SMILES string of the molecule is O=c1cc(-c2cccc3c2ccc2c4c(ccc23)CCCC4)[nH]c2ccccc12. The van der Waals surface area contributed by atoms with Gasteiger partial charge in [-0.25, -0.2) is 0 Å². The molecule has 2 nitrogen and oxygen atoms in total. The number of aryl methyl sites for hydroxylation is 2. The number of rotatable bonds is 1. The maximum Gasteiger partial charge on any atom is 0.190 e. The summed E-state index contributed by atoms with van der Waals surface area (Å²) in [5.74, 6) is 0. The van der Waals surface area contributed by atoms with Gasteiger partial charge in [0.15, 0.2) is 5.43 Å². The molecule has 1 aliphatic rings. The number of pyridine rings is 1. The highest BCUT2D eigenvalue weighted by Crippen LogP contribution is 2.36. The third kappa shape index (κ3) is 2.52. The van der Waals surface area contributed by atoms with Crippen molar-refractivity contribution in [3.63, 3.8) is 0 Å². The third-order valence-corrected chi connectivity index (χ3v) is 6.42. The fourth-order valence-electron chi connectivity index (χ4n) is 5.00. The molecule has 140 valence electrons. The van der Waals surface area contributed by atoms with Crippen molar-refractivity contribution in [3.05, 3.63) is 94.1 Å². The summed E-state index contributed by atoms with van der Waals surface area (Å²) in [5, 5.41) is 5.87. The van der Waals surface area contributed by atoms with Crippen LogP contribution in [0.15, 0.2) is 77.6 Å². The van der Waals surface area contributed by atoms with E-state index in [0.29, 0.717) is 0 Å². The molecule has 29 heavy (non-hydrogen) atoms. The van der Waals surface area contributed by atoms with Crippen molar-refractivity contribution < 1.29 is 0 Å². The standard InChI is InChI=1S/C27H21NO/c29-27-16-26(28-25-11-4-3-8-24(25)27)23-10-5-9-19-21-13-12-17-6-1-2-7-18(17)20(21)14-15-22(19)23/h3-5,8-16H,1-2,6-7H2,(H,28,29). The Labute approximate surface area is 168 Å². The van der Waals surface area contributed by atoms with Gasteiger partial charge in [0, 0.05) is 22.5 Å². The van der Waals surface area contributed by atoms with Crippen LogP contribution in [0.1, 0.15) is 24.0 Å². The van der Waals surface area contributed by atoms with Gasteiger partial charge in [0.05, 0.1) is 5.69 Å². The van der Waals surface area contributed by atoms with Gasteiger partial charge in [-0.05, 0) is 70.5 Å². The topological polar surface area (TPSA) is 32.9 Å². The molecular weight excluding hydrogens is 354 g/mol. The lowest BCUT2D eigenvalue weighted by Gasteiger charge is -2.19. The normalized spacial score (nSPS) is 13.8. The van der Waals surface area contributed by atoms with Gasteiger partial charge >= 0.3 is 0 Å². The van der Waals surface area contributed by atoms with Crippen molar-refractivity contribution in [2.24, 2.45) is 0 Å². The van der Waals surface area contributed by atoms with Crippen molar-refractivity contribution in [1.82, 2.24) is 4.98 Å². The minimum atomic E-state index is 0.0567. The number of hydrogen-bond acceptors (Lipinski definition) is 1. The summed E-state index contributed by atoms with van der Waals surface area (Å²) in [7, 11) is 0. The Hall–Kier alpha value is -3.39. The highest BCUT2D eigenvalue weighted by molar-refractivity contribution is 6.13. The summed E-state index contributed by atoms with van der Waals surface area (Å²) in [6, 6.07) is 25.0. The van der Waals surface area contributed by atoms with Crippen molar-refractivity contribution >= 4 is 32.4 Å². The van der Waals surface area contributed by atoms with Crippen molar-refractivity contribution in [3.8, 4) is 11.3 Å². The van der Waals surface area contributed by atoms with Gasteiger partial charge in [-0.15, -0.1) is 0 Å². The Morgan fingerprint density at radius 1 is 0.655 bits per heavy atom. The Morgan fingerprint density at radius 3 is 2.38 bits per heavy atom. The zero-order valence-electron chi connectivity index (χ0n) is 16.2. The van der Waals surface area contributed by atoms with Crippen LogP contribution in [0.4, 0.5) is 0 Å². The van der Waals surface area contributed by atoms with E-state index in [1.54, 1.807) is 6.07 Å². The predicted molar refractivity (Wildman–Crippen MR) is 122 cm³/mol. The number of aromatic amines is 1. The van der Waals surface area contributed by atoms with Crippen LogP contribution in [0.5, 0.6) is 0 Å². The second-order valence-corrected chi connectivity index (χ2v) is 8.06. The molecule has 6 rings (SSSR count). The van der Waals surface area contributed by atoms with Gasteiger partial charge < -0.3 is 4.98 Å². The smallest absolute Gasteiger partial charge is 0.190 e. The second kappa shape index (κ2) is 6.31. The monoisotopic (exact) mass is 375 g/mol. The quantitative estimate of drug-likeness (QED) is 0.339. The summed E-state index contributed by atoms with van der Waals surface area (Å²) >= 11 is 0. The largest absolute Gasteiger partial charge is 0.354 e. The Kier molecular flexibility index (Phi) is 3.60. The van der Waals surface area contributed by atoms with E-state index in [-0.39, 0.29) is 5.43 Å². The van der Waals surface area contributed by atoms with Crippen LogP contribution in [-0.2, 0) is 12.8 Å². The molecule has 5 aromatic rings. The zero-order valence-corrected chi connectivity index (χ0v) is 16.2. The van der Waals surface area contributed by atoms with Gasteiger partial charge in [0.1, 0.15) is 0 Å². The van der Waals surface area contributed by atoms with E-state index in [1.165, 1.54) is 58.4 Å². The maximum absolute atomic E-state index is 12.7. The van der Waals surface area contributed by atoms with Crippen molar-refractivity contribution in [2.75, 3.05) is 0 Å². The van der Waals surface area contributed by atoms with E-state index in [0.717, 1.165) is 22.2 Å². The lowest BCUT2D eigenvalue weighted by atomic mass is 9.86. The molecule has 4 aromatic carbocycles. The number of hydrogen-bond donors (Lipinski definition) is 1. The first-order chi connectivity index (χ1) is 14.3. The average Bonchev–Trinajstić information content (AvgIpc) is 2.78. The summed E-state index contributed by atoms with van der Waals surface area (Å²) in [6.45, 7) is 0. The van der Waals surface area contributed by atoms with E-state index in [1.807, 2.05) is 24.3 Å². The van der Waals surface area contributed by atoms with E-state index in [9.17, 15) is 4.79 Å². The lowest BCUT2D eigenvalue weighted by molar-refractivity contribution is 0.690. The van der Waals surface area contributed by atoms with Crippen LogP contribution in [0.2, 0.25) is 0 Å². The van der Waals surface area contributed by atoms with E-state index in [2.05, 4.69) is 47.4 Å². The van der Waals surface area contributed by atoms with Crippen LogP contribution in [-0.4, -0.2) is 4.98 Å². The number of fused-ring (bicyclic) bond motifs is 6. The van der Waals surface area contributed by atoms with Crippen LogP contribution in [0.25, 0.3) is 43.7 Å². The van der Waals surface area contributed by atoms with Gasteiger partial charge in [0.2, 0.25) is 0 Å². The summed E-state index contributed by atoms with van der Waals surface area (Å²) in [4.78, 5) is 16.1. The number of para-hydroxylation sites is 1. The molecule has 0 saturated heterocycles. The van der Waals surface area contributed by atoms with Crippen LogP contribution < -0.4 is 5.43 Å². The van der Waals surface area contributed by atoms with E-state index >= 15 is 0 Å². The summed E-state index contributed by atoms with van der Waals surface area (Å²) in [6.07, 6.45) is 4.95. The highest BCUT2D eigenvalue weighted by Gasteiger charge is 2.15. The molecule has 0 spiro atoms. The van der Waals surface area contributed by atoms with Crippen molar-refractivity contribution in [1.29, 1.82) is 0 Å². The second-order valence-electron chi connectivity index (χ2n) is 8.06. The minimum Gasteiger partial charge on any atom is -0.354 e. The Bertz CT molecular complexity index is 1480. The molecule has 1 heterocycles. The van der Waals surface area contributed by atoms with E-state index < -0.39 is 0 Å². The van der Waals surface area contributed by atoms with Crippen LogP contribution in [0.3, 0.4) is 0 Å². The minimum absolute atomic E-state index is 0.0567. The molecule has 1 aliphatic carbocycles. The Balaban J connectivity index is 1.65. The molecule has 0 fully saturated rings. The average molecular weight is 375 g/mol. The highest BCUT2D eigenvalue weighted by atomic mass is 16.1. The van der Waals surface area contributed by atoms with Gasteiger partial charge in [-0.2, -0.15) is 0 Å². The molecule has 0 unspecified atom stereocenters. The summed E-state index contributed by atoms with van der Waals surface area (Å²) < 4.78 is 0. The van der Waals surface area contributed by atoms with Crippen LogP contribution >= 0.6 is 0 Å². The molecule has 1 N–H and O–H groups in total. The first kappa shape index (κ1) is 16.6. The van der Waals surface area contributed by atoms with Gasteiger partial charge in [-0.1, -0.05) is 54.6 Å². The fraction of sp³-hybridized carbons (Fsp3) is 0.148. The molecule has 2 heteroatoms. The molecule has 0 saturated carbocycles. The third-order valence-electron chi connectivity index (χ3n) is 6.42. The number of aromatic nitrogens is 1. The van der Waals surface area contributed by atoms with Gasteiger partial charge in [-0.3, -0.25) is 4.79 Å². The Morgan fingerprint density at radius 2 is 1.41 bits per heavy atom. The van der Waals surface area contributed by atoms with Gasteiger partial charge in [0.25, 0.3) is 0 Å². The molecule has 0 radical (unpaired) electrons. The zero-order chi connectivity index (χ0) is 19.4. The van der Waals surface area contributed by atoms with E-state index in [4.69, 9.17) is 0 Å². The first-order valence-electron chi connectivity index (χ1n) is 10.4. The molecule has 1 aromatic heterocycles. The van der Waals surface area contributed by atoms with Crippen molar-refractivity contribution in [2.45, 2.75) is 25.7 Å². The maximum atomic E-state index is 12.7. The number of benzene rings is 4. The number of nitrogens with one attached hydrogen (secondary N) is 1. The molecule has 0 atom stereocenters. The molecule has 0 amide bonds. The summed E-state index contributed by atoms with van der Waals surface area (Å²) in [5.41, 5.74) is 5.92. The predicted octanol–water partition coefficient (Wildman–Crippen LogP) is 6.38. The molecule has 0 aliphatic heterocycles.